The van der Waals surface area contributed by atoms with Crippen molar-refractivity contribution in [3.63, 3.8) is 0 Å². The Labute approximate surface area is 227 Å². The third-order valence-corrected chi connectivity index (χ3v) is 8.52. The molecule has 200 valence electrons. The summed E-state index contributed by atoms with van der Waals surface area (Å²) >= 11 is 0. The minimum absolute atomic E-state index is 0.0927. The predicted molar refractivity (Wildman–Crippen MR) is 151 cm³/mol. The van der Waals surface area contributed by atoms with Crippen molar-refractivity contribution >= 4 is 23.0 Å². The van der Waals surface area contributed by atoms with E-state index < -0.39 is 6.04 Å². The molecule has 3 atom stereocenters. The van der Waals surface area contributed by atoms with Crippen LogP contribution in [0.25, 0.3) is 0 Å². The van der Waals surface area contributed by atoms with E-state index in [9.17, 15) is 14.1 Å². The molecule has 1 amide bonds. The van der Waals surface area contributed by atoms with Gasteiger partial charge in [-0.05, 0) is 80.8 Å². The monoisotopic (exact) mass is 525 g/mol. The number of hydrogen-bond donors (Lipinski definition) is 3. The molecule has 0 radical (unpaired) electrons. The second-order valence-electron chi connectivity index (χ2n) is 11.1. The van der Waals surface area contributed by atoms with Gasteiger partial charge in [0.05, 0.1) is 17.8 Å². The fraction of sp³-hybridized carbons (Fsp3) is 0.355. The molecule has 3 aromatic rings. The number of halogens is 1. The van der Waals surface area contributed by atoms with Gasteiger partial charge in [0, 0.05) is 45.7 Å². The van der Waals surface area contributed by atoms with Crippen molar-refractivity contribution < 1.29 is 9.18 Å². The maximum Gasteiger partial charge on any atom is 0.251 e. The van der Waals surface area contributed by atoms with Gasteiger partial charge in [-0.1, -0.05) is 35.5 Å². The maximum atomic E-state index is 14.5. The Morgan fingerprint density at radius 1 is 0.974 bits per heavy atom. The van der Waals surface area contributed by atoms with Gasteiger partial charge in [-0.3, -0.25) is 10.2 Å². The average molecular weight is 526 g/mol. The number of anilines is 2. The summed E-state index contributed by atoms with van der Waals surface area (Å²) < 4.78 is 14.5. The van der Waals surface area contributed by atoms with Crippen LogP contribution in [0.2, 0.25) is 0 Å². The van der Waals surface area contributed by atoms with E-state index in [1.54, 1.807) is 36.4 Å². The standard InChI is InChI=1S/C31H32FN5O2/c32-27-4-2-1-3-25(27)30(19-5-6-19)35-31(38)20-9-14-28(33)26(15-20)29(34)18-7-10-22(11-8-18)37-23-12-13-24(37)17-21(16-23)36-39/h1-4,7-11,14-15,19,21,23-24,30,34H,5-6,12-13,16-17,33H2,(H,35,38). The lowest BCUT2D eigenvalue weighted by molar-refractivity contribution is 0.0931. The fourth-order valence-electron chi connectivity index (χ4n) is 6.36. The normalized spacial score (nSPS) is 22.8. The average Bonchev–Trinajstić information content (AvgIpc) is 3.76. The van der Waals surface area contributed by atoms with Crippen molar-refractivity contribution in [2.45, 2.75) is 62.7 Å². The largest absolute Gasteiger partial charge is 0.398 e. The molecule has 2 heterocycles. The molecule has 8 heteroatoms. The minimum Gasteiger partial charge on any atom is -0.398 e. The summed E-state index contributed by atoms with van der Waals surface area (Å²) in [6.07, 6.45) is 5.61. The zero-order chi connectivity index (χ0) is 27.1. The first-order valence-electron chi connectivity index (χ1n) is 13.7. The van der Waals surface area contributed by atoms with Crippen molar-refractivity contribution in [1.82, 2.24) is 5.32 Å². The number of nitroso groups, excluding NO2 is 1. The zero-order valence-corrected chi connectivity index (χ0v) is 21.6. The molecule has 7 nitrogen and oxygen atoms in total. The fourth-order valence-corrected chi connectivity index (χ4v) is 6.36. The van der Waals surface area contributed by atoms with E-state index in [0.29, 0.717) is 40.0 Å². The molecule has 0 aromatic heterocycles. The molecule has 3 fully saturated rings. The van der Waals surface area contributed by atoms with Crippen LogP contribution in [0.15, 0.2) is 71.9 Å². The van der Waals surface area contributed by atoms with Crippen LogP contribution < -0.4 is 16.0 Å². The summed E-state index contributed by atoms with van der Waals surface area (Å²) in [5.41, 5.74) is 10.0. The number of amides is 1. The molecule has 0 spiro atoms. The lowest BCUT2D eigenvalue weighted by Crippen LogP contribution is -2.44. The first kappa shape index (κ1) is 25.2. The summed E-state index contributed by atoms with van der Waals surface area (Å²) in [7, 11) is 0. The van der Waals surface area contributed by atoms with Crippen LogP contribution in [0.5, 0.6) is 0 Å². The van der Waals surface area contributed by atoms with Gasteiger partial charge in [-0.15, -0.1) is 0 Å². The highest BCUT2D eigenvalue weighted by Crippen LogP contribution is 2.42. The molecular formula is C31H32FN5O2. The first-order valence-corrected chi connectivity index (χ1v) is 13.7. The Hall–Kier alpha value is -4.07. The number of nitrogens with one attached hydrogen (secondary N) is 2. The Kier molecular flexibility index (Phi) is 6.62. The maximum absolute atomic E-state index is 14.5. The Morgan fingerprint density at radius 3 is 2.28 bits per heavy atom. The number of nitrogen functional groups attached to an aromatic ring is 1. The lowest BCUT2D eigenvalue weighted by Gasteiger charge is -2.38. The topological polar surface area (TPSA) is 112 Å². The molecule has 2 bridgehead atoms. The van der Waals surface area contributed by atoms with Gasteiger partial charge >= 0.3 is 0 Å². The van der Waals surface area contributed by atoms with Gasteiger partial charge in [0.2, 0.25) is 0 Å². The van der Waals surface area contributed by atoms with Crippen LogP contribution in [0.4, 0.5) is 15.8 Å². The highest BCUT2D eigenvalue weighted by atomic mass is 19.1. The third kappa shape index (κ3) is 4.91. The summed E-state index contributed by atoms with van der Waals surface area (Å²) in [5.74, 6) is -0.425. The molecule has 39 heavy (non-hydrogen) atoms. The Balaban J connectivity index is 1.20. The van der Waals surface area contributed by atoms with Crippen LogP contribution >= 0.6 is 0 Å². The van der Waals surface area contributed by atoms with E-state index in [4.69, 9.17) is 11.1 Å². The van der Waals surface area contributed by atoms with Gasteiger partial charge in [0.1, 0.15) is 5.82 Å². The molecule has 3 aromatic carbocycles. The van der Waals surface area contributed by atoms with Gasteiger partial charge in [0.25, 0.3) is 5.91 Å². The van der Waals surface area contributed by atoms with Crippen LogP contribution in [0.3, 0.4) is 0 Å². The summed E-state index contributed by atoms with van der Waals surface area (Å²) in [6, 6.07) is 19.5. The van der Waals surface area contributed by atoms with Crippen LogP contribution in [0, 0.1) is 22.1 Å². The Morgan fingerprint density at radius 2 is 1.64 bits per heavy atom. The minimum atomic E-state index is -0.394. The number of benzene rings is 3. The number of rotatable bonds is 8. The number of piperidine rings is 1. The van der Waals surface area contributed by atoms with E-state index in [-0.39, 0.29) is 29.4 Å². The van der Waals surface area contributed by atoms with Gasteiger partial charge in [0.15, 0.2) is 0 Å². The SMILES string of the molecule is N=C(c1ccc(N2C3CCC2CC(N=O)C3)cc1)c1cc(C(=O)NC(c2ccccc2F)C2CC2)ccc1N. The summed E-state index contributed by atoms with van der Waals surface area (Å²) in [4.78, 5) is 26.7. The number of carbonyl (C=O) groups is 1. The zero-order valence-electron chi connectivity index (χ0n) is 21.6. The van der Waals surface area contributed by atoms with E-state index in [2.05, 4.69) is 15.4 Å². The van der Waals surface area contributed by atoms with E-state index in [0.717, 1.165) is 44.2 Å². The highest BCUT2D eigenvalue weighted by molar-refractivity contribution is 6.15. The van der Waals surface area contributed by atoms with Crippen molar-refractivity contribution in [1.29, 1.82) is 5.41 Å². The van der Waals surface area contributed by atoms with Crippen molar-refractivity contribution in [3.05, 3.63) is 99.7 Å². The van der Waals surface area contributed by atoms with Gasteiger partial charge in [-0.25, -0.2) is 4.39 Å². The first-order chi connectivity index (χ1) is 18.9. The number of fused-ring (bicyclic) bond motifs is 2. The second-order valence-corrected chi connectivity index (χ2v) is 11.1. The third-order valence-electron chi connectivity index (χ3n) is 8.52. The number of nitrogens with two attached hydrogens (primary N) is 1. The summed E-state index contributed by atoms with van der Waals surface area (Å²) in [6.45, 7) is 0. The smallest absolute Gasteiger partial charge is 0.251 e. The van der Waals surface area contributed by atoms with E-state index in [1.807, 2.05) is 24.3 Å². The number of carbonyl (C=O) groups excluding carboxylic acids is 1. The van der Waals surface area contributed by atoms with Crippen molar-refractivity contribution in [3.8, 4) is 0 Å². The molecule has 4 N–H and O–H groups in total. The molecule has 1 saturated carbocycles. The van der Waals surface area contributed by atoms with E-state index in [1.165, 1.54) is 6.07 Å². The summed E-state index contributed by atoms with van der Waals surface area (Å²) in [5, 5.41) is 15.2. The second kappa shape index (κ2) is 10.2. The molecule has 3 aliphatic rings. The van der Waals surface area contributed by atoms with Crippen LogP contribution in [0.1, 0.15) is 71.6 Å². The van der Waals surface area contributed by atoms with Crippen molar-refractivity contribution in [2.75, 3.05) is 10.6 Å². The van der Waals surface area contributed by atoms with Gasteiger partial charge in [-0.2, -0.15) is 4.91 Å². The quantitative estimate of drug-likeness (QED) is 0.191. The van der Waals surface area contributed by atoms with Crippen LogP contribution in [-0.2, 0) is 0 Å². The molecular weight excluding hydrogens is 493 g/mol. The lowest BCUT2D eigenvalue weighted by atomic mass is 9.95. The molecule has 2 aliphatic heterocycles. The van der Waals surface area contributed by atoms with Crippen molar-refractivity contribution in [2.24, 2.45) is 11.1 Å². The highest BCUT2D eigenvalue weighted by Gasteiger charge is 2.41. The van der Waals surface area contributed by atoms with Crippen LogP contribution in [-0.4, -0.2) is 29.7 Å². The number of hydrogen-bond acceptors (Lipinski definition) is 6. The van der Waals surface area contributed by atoms with E-state index >= 15 is 0 Å². The predicted octanol–water partition coefficient (Wildman–Crippen LogP) is 5.97. The van der Waals surface area contributed by atoms with Gasteiger partial charge < -0.3 is 16.0 Å². The molecule has 1 aliphatic carbocycles. The molecule has 3 unspecified atom stereocenters. The molecule has 6 rings (SSSR count). The Bertz CT molecular complexity index is 1410. The molecule has 2 saturated heterocycles. The number of nitrogens with zero attached hydrogens (tertiary/aromatic N) is 2.